The second-order valence-electron chi connectivity index (χ2n) is 6.22. The number of pyridine rings is 1. The summed E-state index contributed by atoms with van der Waals surface area (Å²) in [5, 5.41) is 16.1. The predicted octanol–water partition coefficient (Wildman–Crippen LogP) is 5.32. The van der Waals surface area contributed by atoms with Gasteiger partial charge in [-0.1, -0.05) is 31.6 Å². The van der Waals surface area contributed by atoms with Crippen molar-refractivity contribution < 1.29 is 14.4 Å². The highest BCUT2D eigenvalue weighted by molar-refractivity contribution is 7.81. The fraction of sp³-hybridized carbons (Fsp3) is 0.182. The van der Waals surface area contributed by atoms with E-state index < -0.39 is 0 Å². The van der Waals surface area contributed by atoms with Crippen LogP contribution in [0.3, 0.4) is 0 Å². The van der Waals surface area contributed by atoms with E-state index in [0.717, 1.165) is 29.2 Å². The van der Waals surface area contributed by atoms with Crippen LogP contribution in [0.5, 0.6) is 5.75 Å². The maximum absolute atomic E-state index is 10.9. The maximum atomic E-state index is 10.9. The first-order valence-electron chi connectivity index (χ1n) is 9.05. The maximum Gasteiger partial charge on any atom is 0.289 e. The zero-order valence-electron chi connectivity index (χ0n) is 15.9. The fourth-order valence-electron chi connectivity index (χ4n) is 2.80. The minimum Gasteiger partial charge on any atom is -0.501 e. The average Bonchev–Trinajstić information content (AvgIpc) is 3.25. The summed E-state index contributed by atoms with van der Waals surface area (Å²) in [5.74, 6) is 0.920. The number of anilines is 1. The highest BCUT2D eigenvalue weighted by atomic mass is 32.1. The monoisotopic (exact) mass is 411 g/mol. The third-order valence-electron chi connectivity index (χ3n) is 4.24. The topological polar surface area (TPSA) is 45.4 Å². The Morgan fingerprint density at radius 1 is 1.14 bits per heavy atom. The quantitative estimate of drug-likeness (QED) is 0.239. The molecule has 2 heterocycles. The molecule has 0 unspecified atom stereocenters. The molecule has 0 bridgehead atoms. The Kier molecular flexibility index (Phi) is 6.79. The number of nitrogens with one attached hydrogen (secondary N) is 1. The van der Waals surface area contributed by atoms with Gasteiger partial charge in [-0.15, -0.1) is 11.3 Å². The number of methoxy groups -OCH3 is 1. The number of ether oxygens (including phenoxy) is 1. The van der Waals surface area contributed by atoms with Crippen molar-refractivity contribution in [2.75, 3.05) is 12.4 Å². The molecule has 0 saturated heterocycles. The number of thiophene rings is 1. The Bertz CT molecular complexity index is 947. The second kappa shape index (κ2) is 9.48. The first-order chi connectivity index (χ1) is 13.6. The van der Waals surface area contributed by atoms with Crippen molar-refractivity contribution in [2.45, 2.75) is 19.8 Å². The van der Waals surface area contributed by atoms with E-state index in [1.165, 1.54) is 16.9 Å². The van der Waals surface area contributed by atoms with Crippen molar-refractivity contribution >= 4 is 45.7 Å². The van der Waals surface area contributed by atoms with Crippen molar-refractivity contribution in [3.8, 4) is 5.75 Å². The molecule has 0 fully saturated rings. The summed E-state index contributed by atoms with van der Waals surface area (Å²) < 4.78 is 7.05. The lowest BCUT2D eigenvalue weighted by molar-refractivity contribution is -0.575. The Hall–Kier alpha value is -2.70. The molecule has 0 aliphatic heterocycles. The molecule has 2 aromatic heterocycles. The van der Waals surface area contributed by atoms with Crippen molar-refractivity contribution in [3.05, 3.63) is 76.7 Å². The van der Waals surface area contributed by atoms with E-state index in [1.54, 1.807) is 7.11 Å². The van der Waals surface area contributed by atoms with Crippen LogP contribution in [0.1, 0.15) is 23.8 Å². The summed E-state index contributed by atoms with van der Waals surface area (Å²) in [6.45, 7) is 2.16. The van der Waals surface area contributed by atoms with Crippen LogP contribution in [-0.4, -0.2) is 17.2 Å². The second-order valence-corrected chi connectivity index (χ2v) is 7.58. The molecule has 1 aromatic carbocycles. The molecule has 0 aliphatic carbocycles. The minimum atomic E-state index is 0.147. The van der Waals surface area contributed by atoms with Crippen molar-refractivity contribution in [3.63, 3.8) is 0 Å². The molecule has 0 atom stereocenters. The zero-order chi connectivity index (χ0) is 19.9. The number of nitrogens with zero attached hydrogens (tertiary/aromatic N) is 1. The van der Waals surface area contributed by atoms with E-state index in [-0.39, 0.29) is 5.76 Å². The van der Waals surface area contributed by atoms with Crippen LogP contribution >= 0.6 is 23.6 Å². The molecular weight excluding hydrogens is 388 g/mol. The van der Waals surface area contributed by atoms with E-state index >= 15 is 0 Å². The van der Waals surface area contributed by atoms with E-state index in [2.05, 4.69) is 24.4 Å². The van der Waals surface area contributed by atoms with Crippen LogP contribution in [0.25, 0.3) is 11.5 Å². The van der Waals surface area contributed by atoms with Crippen LogP contribution in [0.15, 0.2) is 66.3 Å². The third kappa shape index (κ3) is 4.77. The van der Waals surface area contributed by atoms with Crippen LogP contribution < -0.4 is 14.6 Å². The standard InChI is InChI=1S/C22H22N2O2S2/c1-3-5-16-11-13-24(14-12-16)20(21(25)19-6-4-15-28-19)22(27)23-17-7-9-18(26-2)10-8-17/h4,6-15H,3,5H2,1-2H3,(H-,23,25,27)/p+1. The Balaban J connectivity index is 1.95. The van der Waals surface area contributed by atoms with Crippen LogP contribution in [-0.2, 0) is 6.42 Å². The molecule has 2 N–H and O–H groups in total. The molecule has 28 heavy (non-hydrogen) atoms. The zero-order valence-corrected chi connectivity index (χ0v) is 17.5. The molecule has 3 rings (SSSR count). The largest absolute Gasteiger partial charge is 0.501 e. The number of hydrogen-bond acceptors (Lipinski definition) is 4. The van der Waals surface area contributed by atoms with Gasteiger partial charge >= 0.3 is 0 Å². The van der Waals surface area contributed by atoms with Crippen LogP contribution in [0, 0.1) is 0 Å². The molecule has 3 aromatic rings. The van der Waals surface area contributed by atoms with Gasteiger partial charge in [-0.25, -0.2) is 0 Å². The van der Waals surface area contributed by atoms with Gasteiger partial charge in [0.15, 0.2) is 17.4 Å². The van der Waals surface area contributed by atoms with Gasteiger partial charge in [0.1, 0.15) is 5.75 Å². The number of benzene rings is 1. The highest BCUT2D eigenvalue weighted by Gasteiger charge is 2.24. The summed E-state index contributed by atoms with van der Waals surface area (Å²) in [5.41, 5.74) is 2.62. The molecule has 0 spiro atoms. The van der Waals surface area contributed by atoms with Crippen molar-refractivity contribution in [2.24, 2.45) is 0 Å². The van der Waals surface area contributed by atoms with E-state index in [9.17, 15) is 5.11 Å². The van der Waals surface area contributed by atoms with Gasteiger partial charge in [0.2, 0.25) is 5.76 Å². The van der Waals surface area contributed by atoms with Crippen molar-refractivity contribution in [1.29, 1.82) is 0 Å². The first-order valence-corrected chi connectivity index (χ1v) is 10.3. The predicted molar refractivity (Wildman–Crippen MR) is 120 cm³/mol. The molecule has 0 amide bonds. The number of rotatable bonds is 7. The first kappa shape index (κ1) is 20.0. The van der Waals surface area contributed by atoms with Gasteiger partial charge in [0.25, 0.3) is 5.70 Å². The molecule has 4 nitrogen and oxygen atoms in total. The average molecular weight is 412 g/mol. The number of thiocarbonyl (C=S) groups is 1. The van der Waals surface area contributed by atoms with Gasteiger partial charge in [0.05, 0.1) is 12.0 Å². The number of aryl methyl sites for hydroxylation is 1. The van der Waals surface area contributed by atoms with E-state index in [1.807, 2.05) is 58.7 Å². The summed E-state index contributed by atoms with van der Waals surface area (Å²) in [4.78, 5) is 1.20. The number of aromatic nitrogens is 1. The summed E-state index contributed by atoms with van der Waals surface area (Å²) in [6.07, 6.45) is 5.98. The number of aliphatic hydroxyl groups is 1. The molecule has 0 saturated carbocycles. The van der Waals surface area contributed by atoms with Gasteiger partial charge in [0, 0.05) is 17.8 Å². The number of aliphatic hydroxyl groups excluding tert-OH is 1. The van der Waals surface area contributed by atoms with Crippen LogP contribution in [0.2, 0.25) is 0 Å². The lowest BCUT2D eigenvalue weighted by atomic mass is 10.1. The molecule has 144 valence electrons. The lowest BCUT2D eigenvalue weighted by Gasteiger charge is -2.10. The summed E-state index contributed by atoms with van der Waals surface area (Å²) in [6, 6.07) is 15.4. The van der Waals surface area contributed by atoms with Crippen LogP contribution in [0.4, 0.5) is 5.69 Å². The fourth-order valence-corrected chi connectivity index (χ4v) is 3.79. The minimum absolute atomic E-state index is 0.147. The van der Waals surface area contributed by atoms with Crippen molar-refractivity contribution in [1.82, 2.24) is 0 Å². The summed E-state index contributed by atoms with van der Waals surface area (Å²) in [7, 11) is 1.63. The van der Waals surface area contributed by atoms with Gasteiger partial charge < -0.3 is 15.2 Å². The molecule has 0 aliphatic rings. The smallest absolute Gasteiger partial charge is 0.289 e. The normalized spacial score (nSPS) is 11.6. The number of hydrogen-bond donors (Lipinski definition) is 2. The Morgan fingerprint density at radius 3 is 2.43 bits per heavy atom. The Labute approximate surface area is 174 Å². The lowest BCUT2D eigenvalue weighted by Crippen LogP contribution is -2.38. The van der Waals surface area contributed by atoms with Gasteiger partial charge in [-0.05, 0) is 47.7 Å². The molecule has 6 heteroatoms. The molecule has 0 radical (unpaired) electrons. The highest BCUT2D eigenvalue weighted by Crippen LogP contribution is 2.23. The third-order valence-corrected chi connectivity index (χ3v) is 5.41. The molecular formula is C22H23N2O2S2+. The van der Waals surface area contributed by atoms with E-state index in [0.29, 0.717) is 10.7 Å². The van der Waals surface area contributed by atoms with Gasteiger partial charge in [-0.2, -0.15) is 4.57 Å². The SMILES string of the molecule is CCCc1cc[n+](/C(C(=S)Nc2ccc(OC)cc2)=C(\O)c2cccs2)cc1. The summed E-state index contributed by atoms with van der Waals surface area (Å²) >= 11 is 7.13. The van der Waals surface area contributed by atoms with E-state index in [4.69, 9.17) is 17.0 Å². The van der Waals surface area contributed by atoms with Gasteiger partial charge in [-0.3, -0.25) is 0 Å². The Morgan fingerprint density at radius 2 is 1.86 bits per heavy atom.